The maximum Gasteiger partial charge on any atom is 0.293 e. The van der Waals surface area contributed by atoms with Crippen LogP contribution in [0.3, 0.4) is 0 Å². The van der Waals surface area contributed by atoms with Gasteiger partial charge in [-0.3, -0.25) is 14.9 Å². The lowest BCUT2D eigenvalue weighted by molar-refractivity contribution is -0.384. The van der Waals surface area contributed by atoms with Crippen LogP contribution in [0.15, 0.2) is 12.1 Å². The van der Waals surface area contributed by atoms with E-state index in [-0.39, 0.29) is 19.1 Å². The molecular weight excluding hydrogens is 269 g/mol. The largest absolute Gasteiger partial charge is 0.396 e. The van der Waals surface area contributed by atoms with Crippen molar-refractivity contribution >= 4 is 17.3 Å². The zero-order valence-electron chi connectivity index (χ0n) is 10.6. The van der Waals surface area contributed by atoms with Crippen LogP contribution in [-0.4, -0.2) is 40.5 Å². The quantitative estimate of drug-likeness (QED) is 0.483. The molecule has 1 aliphatic rings. The van der Waals surface area contributed by atoms with E-state index in [4.69, 9.17) is 10.8 Å². The number of benzene rings is 1. The van der Waals surface area contributed by atoms with Crippen LogP contribution in [0.2, 0.25) is 0 Å². The molecule has 2 rings (SSSR count). The highest BCUT2D eigenvalue weighted by molar-refractivity contribution is 6.01. The van der Waals surface area contributed by atoms with Gasteiger partial charge in [0.2, 0.25) is 0 Å². The number of hydrogen-bond donors (Lipinski definition) is 2. The molecule has 0 aromatic heterocycles. The molecule has 8 heteroatoms. The molecule has 1 amide bonds. The van der Waals surface area contributed by atoms with E-state index in [1.54, 1.807) is 0 Å². The molecule has 108 valence electrons. The number of nitro groups is 1. The Morgan fingerprint density at radius 3 is 2.85 bits per heavy atom. The smallest absolute Gasteiger partial charge is 0.293 e. The summed E-state index contributed by atoms with van der Waals surface area (Å²) in [5.74, 6) is -1.62. The topological polar surface area (TPSA) is 110 Å². The van der Waals surface area contributed by atoms with Crippen LogP contribution in [0, 0.1) is 21.8 Å². The van der Waals surface area contributed by atoms with E-state index in [2.05, 4.69) is 0 Å². The van der Waals surface area contributed by atoms with Gasteiger partial charge in [0.05, 0.1) is 4.92 Å². The number of rotatable bonds is 3. The van der Waals surface area contributed by atoms with Gasteiger partial charge in [0.1, 0.15) is 17.1 Å². The number of aliphatic hydroxyl groups excluding tert-OH is 1. The van der Waals surface area contributed by atoms with Crippen LogP contribution in [-0.2, 0) is 0 Å². The number of carbonyl (C=O) groups is 1. The maximum absolute atomic E-state index is 13.8. The molecular formula is C12H14FN3O4. The molecule has 1 unspecified atom stereocenters. The van der Waals surface area contributed by atoms with E-state index in [1.165, 1.54) is 4.90 Å². The highest BCUT2D eigenvalue weighted by atomic mass is 19.1. The number of nitrogens with two attached hydrogens (primary N) is 1. The standard InChI is InChI=1S/C12H14FN3O4/c13-8-1-2-9(16(19)20)11(14)10(8)12(18)15-4-3-7(5-15)6-17/h1-2,7,17H,3-6,14H2. The Morgan fingerprint density at radius 1 is 1.60 bits per heavy atom. The van der Waals surface area contributed by atoms with Crippen molar-refractivity contribution in [2.24, 2.45) is 5.92 Å². The summed E-state index contributed by atoms with van der Waals surface area (Å²) in [4.78, 5) is 23.6. The number of nitrogen functional groups attached to an aromatic ring is 1. The van der Waals surface area contributed by atoms with Crippen molar-refractivity contribution in [2.45, 2.75) is 6.42 Å². The first kappa shape index (κ1) is 14.2. The molecule has 1 heterocycles. The summed E-state index contributed by atoms with van der Waals surface area (Å²) in [5.41, 5.74) is 4.11. The molecule has 0 aliphatic carbocycles. The third-order valence-electron chi connectivity index (χ3n) is 3.41. The van der Waals surface area contributed by atoms with Crippen molar-refractivity contribution in [3.8, 4) is 0 Å². The van der Waals surface area contributed by atoms with E-state index in [0.29, 0.717) is 13.0 Å². The summed E-state index contributed by atoms with van der Waals surface area (Å²) >= 11 is 0. The van der Waals surface area contributed by atoms with Gasteiger partial charge in [0, 0.05) is 31.7 Å². The van der Waals surface area contributed by atoms with Gasteiger partial charge in [-0.05, 0) is 12.5 Å². The van der Waals surface area contributed by atoms with Gasteiger partial charge in [-0.1, -0.05) is 0 Å². The SMILES string of the molecule is Nc1c([N+](=O)[O-])ccc(F)c1C(=O)N1CCC(CO)C1. The van der Waals surface area contributed by atoms with Gasteiger partial charge >= 0.3 is 0 Å². The Labute approximate surface area is 113 Å². The van der Waals surface area contributed by atoms with Gasteiger partial charge in [-0.25, -0.2) is 4.39 Å². The van der Waals surface area contributed by atoms with Gasteiger partial charge in [0.15, 0.2) is 0 Å². The molecule has 1 fully saturated rings. The summed E-state index contributed by atoms with van der Waals surface area (Å²) in [6.07, 6.45) is 0.610. The molecule has 20 heavy (non-hydrogen) atoms. The van der Waals surface area contributed by atoms with E-state index in [1.807, 2.05) is 0 Å². The number of amides is 1. The van der Waals surface area contributed by atoms with Crippen LogP contribution >= 0.6 is 0 Å². The number of aliphatic hydroxyl groups is 1. The molecule has 3 N–H and O–H groups in total. The summed E-state index contributed by atoms with van der Waals surface area (Å²) < 4.78 is 13.8. The minimum absolute atomic E-state index is 0.0538. The molecule has 0 bridgehead atoms. The van der Waals surface area contributed by atoms with Gasteiger partial charge in [-0.15, -0.1) is 0 Å². The fourth-order valence-electron chi connectivity index (χ4n) is 2.28. The van der Waals surface area contributed by atoms with Crippen molar-refractivity contribution < 1.29 is 19.2 Å². The second kappa shape index (κ2) is 5.41. The zero-order chi connectivity index (χ0) is 14.9. The van der Waals surface area contributed by atoms with Crippen molar-refractivity contribution in [3.05, 3.63) is 33.6 Å². The average Bonchev–Trinajstić information content (AvgIpc) is 2.86. The highest BCUT2D eigenvalue weighted by Gasteiger charge is 2.31. The number of hydrogen-bond acceptors (Lipinski definition) is 5. The van der Waals surface area contributed by atoms with Gasteiger partial charge < -0.3 is 15.7 Å². The number of carbonyl (C=O) groups excluding carboxylic acids is 1. The maximum atomic E-state index is 13.8. The number of halogens is 1. The predicted molar refractivity (Wildman–Crippen MR) is 68.6 cm³/mol. The van der Waals surface area contributed by atoms with Crippen LogP contribution < -0.4 is 5.73 Å². The molecule has 0 saturated carbocycles. The van der Waals surface area contributed by atoms with Gasteiger partial charge in [-0.2, -0.15) is 0 Å². The summed E-state index contributed by atoms with van der Waals surface area (Å²) in [6.45, 7) is 0.596. The third kappa shape index (κ3) is 2.42. The minimum Gasteiger partial charge on any atom is -0.396 e. The van der Waals surface area contributed by atoms with E-state index in [0.717, 1.165) is 12.1 Å². The second-order valence-electron chi connectivity index (χ2n) is 4.70. The Bertz CT molecular complexity index is 564. The normalized spacial score (nSPS) is 18.3. The monoisotopic (exact) mass is 283 g/mol. The van der Waals surface area contributed by atoms with E-state index in [9.17, 15) is 19.3 Å². The Balaban J connectivity index is 2.35. The molecule has 0 spiro atoms. The fraction of sp³-hybridized carbons (Fsp3) is 0.417. The number of nitrogens with zero attached hydrogens (tertiary/aromatic N) is 2. The van der Waals surface area contributed by atoms with E-state index >= 15 is 0 Å². The molecule has 1 saturated heterocycles. The summed E-state index contributed by atoms with van der Waals surface area (Å²) in [7, 11) is 0. The molecule has 1 aliphatic heterocycles. The lowest BCUT2D eigenvalue weighted by atomic mass is 10.1. The second-order valence-corrected chi connectivity index (χ2v) is 4.70. The zero-order valence-corrected chi connectivity index (χ0v) is 10.6. The minimum atomic E-state index is -0.884. The highest BCUT2D eigenvalue weighted by Crippen LogP contribution is 2.29. The van der Waals surface area contributed by atoms with Crippen LogP contribution in [0.5, 0.6) is 0 Å². The predicted octanol–water partition coefficient (Wildman–Crippen LogP) is 0.770. The lowest BCUT2D eigenvalue weighted by Gasteiger charge is -2.17. The Hall–Kier alpha value is -2.22. The third-order valence-corrected chi connectivity index (χ3v) is 3.41. The van der Waals surface area contributed by atoms with Crippen molar-refractivity contribution in [1.29, 1.82) is 0 Å². The Kier molecular flexibility index (Phi) is 3.84. The number of likely N-dealkylation sites (tertiary alicyclic amines) is 1. The molecule has 0 radical (unpaired) electrons. The van der Waals surface area contributed by atoms with Crippen LogP contribution in [0.25, 0.3) is 0 Å². The number of anilines is 1. The van der Waals surface area contributed by atoms with Crippen LogP contribution in [0.1, 0.15) is 16.8 Å². The van der Waals surface area contributed by atoms with Crippen molar-refractivity contribution in [1.82, 2.24) is 4.90 Å². The summed E-state index contributed by atoms with van der Waals surface area (Å²) in [5, 5.41) is 19.8. The number of nitro benzene ring substituents is 1. The lowest BCUT2D eigenvalue weighted by Crippen LogP contribution is -2.30. The molecule has 7 nitrogen and oxygen atoms in total. The first-order valence-corrected chi connectivity index (χ1v) is 6.08. The van der Waals surface area contributed by atoms with Crippen molar-refractivity contribution in [2.75, 3.05) is 25.4 Å². The summed E-state index contributed by atoms with van der Waals surface area (Å²) in [6, 6.07) is 1.79. The van der Waals surface area contributed by atoms with Gasteiger partial charge in [0.25, 0.3) is 11.6 Å². The first-order valence-electron chi connectivity index (χ1n) is 6.08. The first-order chi connectivity index (χ1) is 9.45. The Morgan fingerprint density at radius 2 is 2.30 bits per heavy atom. The fourth-order valence-corrected chi connectivity index (χ4v) is 2.28. The van der Waals surface area contributed by atoms with Crippen molar-refractivity contribution in [3.63, 3.8) is 0 Å². The van der Waals surface area contributed by atoms with Crippen LogP contribution in [0.4, 0.5) is 15.8 Å². The molecule has 1 aromatic rings. The molecule has 1 atom stereocenters. The molecule has 1 aromatic carbocycles. The van der Waals surface area contributed by atoms with E-state index < -0.39 is 33.6 Å². The average molecular weight is 283 g/mol.